The maximum Gasteiger partial charge on any atom is 0.411 e. The van der Waals surface area contributed by atoms with Crippen molar-refractivity contribution in [1.29, 1.82) is 0 Å². The van der Waals surface area contributed by atoms with Crippen LogP contribution in [0.5, 0.6) is 0 Å². The summed E-state index contributed by atoms with van der Waals surface area (Å²) in [6, 6.07) is 46.8. The van der Waals surface area contributed by atoms with Gasteiger partial charge in [-0.25, -0.2) is 4.79 Å². The van der Waals surface area contributed by atoms with E-state index in [4.69, 9.17) is 9.47 Å². The molecule has 4 atom stereocenters. The molecule has 5 aromatic carbocycles. The Morgan fingerprint density at radius 3 is 1.53 bits per heavy atom. The van der Waals surface area contributed by atoms with Crippen LogP contribution in [-0.2, 0) is 21.6 Å². The van der Waals surface area contributed by atoms with Gasteiger partial charge in [-0.3, -0.25) is 4.90 Å². The first-order chi connectivity index (χ1) is 24.6. The van der Waals surface area contributed by atoms with Crippen molar-refractivity contribution >= 4 is 12.2 Å². The first-order valence-electron chi connectivity index (χ1n) is 17.2. The van der Waals surface area contributed by atoms with E-state index in [2.05, 4.69) is 0 Å². The molecule has 0 saturated heterocycles. The molecule has 0 aliphatic heterocycles. The van der Waals surface area contributed by atoms with Crippen molar-refractivity contribution < 1.29 is 29.6 Å². The molecule has 0 unspecified atom stereocenters. The normalized spacial score (nSPS) is 14.4. The summed E-state index contributed by atoms with van der Waals surface area (Å²) in [4.78, 5) is 15.2. The molecule has 5 rings (SSSR count). The highest BCUT2D eigenvalue weighted by molar-refractivity contribution is 5.69. The van der Waals surface area contributed by atoms with Gasteiger partial charge in [-0.15, -0.1) is 0 Å². The number of ether oxygens (including phenoxy) is 2. The Hall–Kier alpha value is -5.05. The van der Waals surface area contributed by atoms with Crippen molar-refractivity contribution in [3.05, 3.63) is 186 Å². The quantitative estimate of drug-likeness (QED) is 0.104. The Balaban J connectivity index is 1.50. The fraction of sp³-hybridized carbons (Fsp3) is 0.250. The summed E-state index contributed by atoms with van der Waals surface area (Å²) in [5.41, 5.74) is 2.12. The van der Waals surface area contributed by atoms with Crippen molar-refractivity contribution in [2.24, 2.45) is 0 Å². The van der Waals surface area contributed by atoms with Crippen molar-refractivity contribution in [3.63, 3.8) is 0 Å². The van der Waals surface area contributed by atoms with Crippen molar-refractivity contribution in [2.75, 3.05) is 6.61 Å². The van der Waals surface area contributed by atoms with Gasteiger partial charge in [-0.05, 0) is 48.6 Å². The molecule has 1 amide bonds. The first kappa shape index (κ1) is 37.2. The molecular formula is C44H47NO6. The minimum atomic E-state index is -1.73. The number of aliphatic hydroxyl groups excluding tert-OH is 3. The number of hydrogen-bond acceptors (Lipinski definition) is 6. The van der Waals surface area contributed by atoms with E-state index < -0.39 is 41.6 Å². The fourth-order valence-corrected chi connectivity index (χ4v) is 6.08. The number of carbonyl (C=O) groups is 1. The van der Waals surface area contributed by atoms with Crippen LogP contribution in [0.15, 0.2) is 158 Å². The van der Waals surface area contributed by atoms with Crippen LogP contribution in [0, 0.1) is 0 Å². The van der Waals surface area contributed by atoms with Crippen LogP contribution in [-0.4, -0.2) is 62.9 Å². The van der Waals surface area contributed by atoms with Gasteiger partial charge in [-0.2, -0.15) is 0 Å². The summed E-state index contributed by atoms with van der Waals surface area (Å²) in [6.45, 7) is 5.04. The van der Waals surface area contributed by atoms with Crippen LogP contribution in [0.2, 0.25) is 0 Å². The third-order valence-electron chi connectivity index (χ3n) is 8.57. The van der Waals surface area contributed by atoms with Gasteiger partial charge >= 0.3 is 6.09 Å². The average molecular weight is 686 g/mol. The van der Waals surface area contributed by atoms with Gasteiger partial charge < -0.3 is 24.8 Å². The predicted molar refractivity (Wildman–Crippen MR) is 201 cm³/mol. The molecule has 3 N–H and O–H groups in total. The van der Waals surface area contributed by atoms with E-state index in [0.29, 0.717) is 0 Å². The first-order valence-corrected chi connectivity index (χ1v) is 17.2. The fourth-order valence-electron chi connectivity index (χ4n) is 6.08. The lowest BCUT2D eigenvalue weighted by atomic mass is 9.80. The van der Waals surface area contributed by atoms with Crippen LogP contribution < -0.4 is 0 Å². The molecular weight excluding hydrogens is 638 g/mol. The highest BCUT2D eigenvalue weighted by Crippen LogP contribution is 2.40. The zero-order chi connectivity index (χ0) is 36.3. The Bertz CT molecular complexity index is 1700. The molecule has 0 spiro atoms. The van der Waals surface area contributed by atoms with Gasteiger partial charge in [0.1, 0.15) is 29.5 Å². The molecule has 7 heteroatoms. The Morgan fingerprint density at radius 2 is 1.08 bits per heavy atom. The van der Waals surface area contributed by atoms with Crippen molar-refractivity contribution in [1.82, 2.24) is 4.90 Å². The second-order valence-electron chi connectivity index (χ2n) is 13.5. The Morgan fingerprint density at radius 1 is 0.647 bits per heavy atom. The van der Waals surface area contributed by atoms with Crippen LogP contribution in [0.3, 0.4) is 0 Å². The van der Waals surface area contributed by atoms with Crippen molar-refractivity contribution in [2.45, 2.75) is 62.9 Å². The number of rotatable bonds is 14. The molecule has 0 fully saturated rings. The Labute approximate surface area is 301 Å². The number of amides is 1. The highest BCUT2D eigenvalue weighted by Gasteiger charge is 2.41. The van der Waals surface area contributed by atoms with Gasteiger partial charge in [0.2, 0.25) is 0 Å². The van der Waals surface area contributed by atoms with Gasteiger partial charge in [-0.1, -0.05) is 164 Å². The molecule has 0 aromatic heterocycles. The van der Waals surface area contributed by atoms with E-state index in [1.54, 1.807) is 32.9 Å². The van der Waals surface area contributed by atoms with Gasteiger partial charge in [0, 0.05) is 6.54 Å². The highest BCUT2D eigenvalue weighted by atomic mass is 16.6. The summed E-state index contributed by atoms with van der Waals surface area (Å²) in [5, 5.41) is 35.3. The zero-order valence-corrected chi connectivity index (χ0v) is 29.3. The molecule has 0 aliphatic rings. The number of benzene rings is 5. The monoisotopic (exact) mass is 685 g/mol. The molecule has 5 aromatic rings. The molecule has 0 radical (unpaired) electrons. The maximum absolute atomic E-state index is 13.8. The second-order valence-corrected chi connectivity index (χ2v) is 13.5. The summed E-state index contributed by atoms with van der Waals surface area (Å²) < 4.78 is 12.6. The SMILES string of the molecule is CC(C)(C)OC(=O)N(Cc1ccccc1)[C@H](/C=C/c1ccccc1)[C@@H](O)[C@@H](O)[C@H](O)COC(c1ccccc1)(c1ccccc1)c1ccccc1. The molecule has 0 heterocycles. The van der Waals surface area contributed by atoms with E-state index in [1.807, 2.05) is 152 Å². The smallest absolute Gasteiger partial charge is 0.411 e. The number of aliphatic hydroxyl groups is 3. The van der Waals surface area contributed by atoms with E-state index in [-0.39, 0.29) is 13.2 Å². The predicted octanol–water partition coefficient (Wildman–Crippen LogP) is 7.60. The standard InChI is InChI=1S/C44H47NO6/c1-43(2,3)51-42(49)45(31-34-21-11-5-12-22-34)38(30-29-33-19-9-4-10-20-33)40(47)41(48)39(46)32-50-44(35-23-13-6-14-24-35,36-25-15-7-16-26-36)37-27-17-8-18-28-37/h4-30,38-41,46-48H,31-32H2,1-3H3/b30-29+/t38-,39-,40-,41+/m1/s1. The van der Waals surface area contributed by atoms with Crippen LogP contribution in [0.25, 0.3) is 6.08 Å². The lowest BCUT2D eigenvalue weighted by molar-refractivity contribution is -0.121. The Kier molecular flexibility index (Phi) is 12.6. The van der Waals surface area contributed by atoms with Crippen LogP contribution in [0.4, 0.5) is 4.79 Å². The van der Waals surface area contributed by atoms with Gasteiger partial charge in [0.05, 0.1) is 12.6 Å². The number of nitrogens with zero attached hydrogens (tertiary/aromatic N) is 1. The van der Waals surface area contributed by atoms with E-state index in [9.17, 15) is 20.1 Å². The van der Waals surface area contributed by atoms with Crippen LogP contribution in [0.1, 0.15) is 48.6 Å². The maximum atomic E-state index is 13.8. The van der Waals surface area contributed by atoms with Crippen molar-refractivity contribution in [3.8, 4) is 0 Å². The molecule has 0 saturated carbocycles. The topological polar surface area (TPSA) is 99.5 Å². The average Bonchev–Trinajstić information content (AvgIpc) is 3.15. The van der Waals surface area contributed by atoms with E-state index >= 15 is 0 Å². The molecule has 7 nitrogen and oxygen atoms in total. The van der Waals surface area contributed by atoms with E-state index in [1.165, 1.54) is 4.90 Å². The molecule has 0 aliphatic carbocycles. The zero-order valence-electron chi connectivity index (χ0n) is 29.3. The number of carbonyl (C=O) groups excluding carboxylic acids is 1. The molecule has 0 bridgehead atoms. The second kappa shape index (κ2) is 17.2. The lowest BCUT2D eigenvalue weighted by Gasteiger charge is -2.39. The molecule has 264 valence electrons. The van der Waals surface area contributed by atoms with Gasteiger partial charge in [0.15, 0.2) is 0 Å². The summed E-state index contributed by atoms with van der Waals surface area (Å²) in [7, 11) is 0. The third kappa shape index (κ3) is 9.60. The largest absolute Gasteiger partial charge is 0.444 e. The van der Waals surface area contributed by atoms with Crippen LogP contribution >= 0.6 is 0 Å². The summed E-state index contributed by atoms with van der Waals surface area (Å²) in [6.07, 6.45) is -2.17. The van der Waals surface area contributed by atoms with E-state index in [0.717, 1.165) is 27.8 Å². The summed E-state index contributed by atoms with van der Waals surface area (Å²) >= 11 is 0. The minimum Gasteiger partial charge on any atom is -0.444 e. The van der Waals surface area contributed by atoms with Gasteiger partial charge in [0.25, 0.3) is 0 Å². The molecule has 51 heavy (non-hydrogen) atoms. The number of hydrogen-bond donors (Lipinski definition) is 3. The summed E-state index contributed by atoms with van der Waals surface area (Å²) in [5.74, 6) is 0. The lowest BCUT2D eigenvalue weighted by Crippen LogP contribution is -2.54. The third-order valence-corrected chi connectivity index (χ3v) is 8.57. The minimum absolute atomic E-state index is 0.0784.